The molecule has 3 rings (SSSR count). The largest absolute Gasteiger partial charge is 0.348 e. The molecule has 1 heterocycles. The van der Waals surface area contributed by atoms with Gasteiger partial charge in [0.1, 0.15) is 0 Å². The molecule has 0 spiro atoms. The van der Waals surface area contributed by atoms with Gasteiger partial charge in [-0.25, -0.2) is 8.42 Å². The molecule has 2 amide bonds. The molecule has 178 valence electrons. The molecule has 1 saturated heterocycles. The van der Waals surface area contributed by atoms with Gasteiger partial charge in [0.05, 0.1) is 4.90 Å². The Hall–Kier alpha value is -2.42. The quantitative estimate of drug-likeness (QED) is 0.581. The molecule has 2 N–H and O–H groups in total. The number of amides is 2. The van der Waals surface area contributed by atoms with Crippen molar-refractivity contribution in [2.45, 2.75) is 57.0 Å². The lowest BCUT2D eigenvalue weighted by molar-refractivity contribution is -0.139. The zero-order valence-electron chi connectivity index (χ0n) is 18.9. The number of halogens is 1. The molecule has 9 heteroatoms. The maximum absolute atomic E-state index is 13.4. The van der Waals surface area contributed by atoms with E-state index in [1.54, 1.807) is 41.6 Å². The molecule has 0 saturated carbocycles. The summed E-state index contributed by atoms with van der Waals surface area (Å²) in [4.78, 5) is 24.6. The van der Waals surface area contributed by atoms with E-state index in [1.165, 1.54) is 0 Å². The standard InChI is InChI=1S/C24H30ClN3O4S/c1-17-10-11-18(2)22(15-17)33(31,32)28-14-6-5-8-20(28)12-13-26-23(29)24(30)27-16-19-7-3-4-9-21(19)25/h3-4,7,9-11,15,20H,5-6,8,12-14,16H2,1-2H3,(H,26,29)(H,27,30)/t20-/m1/s1. The van der Waals surface area contributed by atoms with E-state index < -0.39 is 21.8 Å². The van der Waals surface area contributed by atoms with Crippen molar-refractivity contribution in [3.8, 4) is 0 Å². The first kappa shape index (κ1) is 25.2. The fourth-order valence-corrected chi connectivity index (χ4v) is 6.26. The number of nitrogens with one attached hydrogen (secondary N) is 2. The van der Waals surface area contributed by atoms with Gasteiger partial charge in [-0.1, -0.05) is 48.4 Å². The van der Waals surface area contributed by atoms with Gasteiger partial charge in [-0.2, -0.15) is 4.31 Å². The first-order chi connectivity index (χ1) is 15.7. The van der Waals surface area contributed by atoms with Gasteiger partial charge >= 0.3 is 11.8 Å². The van der Waals surface area contributed by atoms with Gasteiger partial charge in [-0.3, -0.25) is 9.59 Å². The van der Waals surface area contributed by atoms with Crippen molar-refractivity contribution in [1.82, 2.24) is 14.9 Å². The number of carbonyl (C=O) groups excluding carboxylic acids is 2. The molecular formula is C24H30ClN3O4S. The summed E-state index contributed by atoms with van der Waals surface area (Å²) in [5.41, 5.74) is 2.33. The van der Waals surface area contributed by atoms with Gasteiger partial charge in [0.25, 0.3) is 0 Å². The summed E-state index contributed by atoms with van der Waals surface area (Å²) >= 11 is 6.06. The van der Waals surface area contributed by atoms with Crippen LogP contribution in [0.25, 0.3) is 0 Å². The summed E-state index contributed by atoms with van der Waals surface area (Å²) in [6.07, 6.45) is 2.89. The summed E-state index contributed by atoms with van der Waals surface area (Å²) in [7, 11) is -3.65. The third-order valence-electron chi connectivity index (χ3n) is 5.87. The second-order valence-electron chi connectivity index (χ2n) is 8.35. The van der Waals surface area contributed by atoms with E-state index in [2.05, 4.69) is 10.6 Å². The molecule has 2 aromatic rings. The van der Waals surface area contributed by atoms with E-state index in [0.29, 0.717) is 28.4 Å². The second-order valence-corrected chi connectivity index (χ2v) is 10.6. The van der Waals surface area contributed by atoms with Crippen LogP contribution in [0.4, 0.5) is 0 Å². The van der Waals surface area contributed by atoms with E-state index in [1.807, 2.05) is 19.1 Å². The Labute approximate surface area is 200 Å². The van der Waals surface area contributed by atoms with E-state index in [-0.39, 0.29) is 19.1 Å². The van der Waals surface area contributed by atoms with Crippen LogP contribution in [0.15, 0.2) is 47.4 Å². The van der Waals surface area contributed by atoms with Crippen LogP contribution in [0, 0.1) is 13.8 Å². The molecule has 7 nitrogen and oxygen atoms in total. The summed E-state index contributed by atoms with van der Waals surface area (Å²) in [6, 6.07) is 12.3. The normalized spacial score (nSPS) is 16.9. The average molecular weight is 492 g/mol. The van der Waals surface area contributed by atoms with Crippen LogP contribution in [-0.4, -0.2) is 43.7 Å². The van der Waals surface area contributed by atoms with Gasteiger partial charge in [-0.05, 0) is 61.9 Å². The third-order valence-corrected chi connectivity index (χ3v) is 8.33. The molecule has 1 fully saturated rings. The molecule has 0 aromatic heterocycles. The van der Waals surface area contributed by atoms with Gasteiger partial charge in [0, 0.05) is 30.7 Å². The number of rotatable bonds is 7. The number of piperidine rings is 1. The highest BCUT2D eigenvalue weighted by atomic mass is 35.5. The van der Waals surface area contributed by atoms with Crippen LogP contribution in [0.3, 0.4) is 0 Å². The van der Waals surface area contributed by atoms with Crippen molar-refractivity contribution in [2.24, 2.45) is 0 Å². The average Bonchev–Trinajstić information content (AvgIpc) is 2.80. The Morgan fingerprint density at radius 2 is 1.79 bits per heavy atom. The van der Waals surface area contributed by atoms with Crippen LogP contribution < -0.4 is 10.6 Å². The van der Waals surface area contributed by atoms with Crippen molar-refractivity contribution in [3.05, 3.63) is 64.2 Å². The van der Waals surface area contributed by atoms with Gasteiger partial charge in [0.2, 0.25) is 10.0 Å². The third kappa shape index (κ3) is 6.34. The van der Waals surface area contributed by atoms with Crippen LogP contribution in [-0.2, 0) is 26.2 Å². The molecule has 33 heavy (non-hydrogen) atoms. The number of hydrogen-bond acceptors (Lipinski definition) is 4. The molecule has 1 aliphatic heterocycles. The van der Waals surface area contributed by atoms with Crippen molar-refractivity contribution in [2.75, 3.05) is 13.1 Å². The number of nitrogens with zero attached hydrogens (tertiary/aromatic N) is 1. The van der Waals surface area contributed by atoms with Gasteiger partial charge in [-0.15, -0.1) is 0 Å². The monoisotopic (exact) mass is 491 g/mol. The first-order valence-electron chi connectivity index (χ1n) is 11.1. The minimum absolute atomic E-state index is 0.149. The van der Waals surface area contributed by atoms with Crippen molar-refractivity contribution in [3.63, 3.8) is 0 Å². The molecular weight excluding hydrogens is 462 g/mol. The topological polar surface area (TPSA) is 95.6 Å². The molecule has 0 unspecified atom stereocenters. The minimum Gasteiger partial charge on any atom is -0.348 e. The number of sulfonamides is 1. The second kappa shape index (κ2) is 11.1. The first-order valence-corrected chi connectivity index (χ1v) is 12.9. The van der Waals surface area contributed by atoms with Crippen LogP contribution in [0.1, 0.15) is 42.4 Å². The number of carbonyl (C=O) groups is 2. The molecule has 0 bridgehead atoms. The molecule has 0 radical (unpaired) electrons. The lowest BCUT2D eigenvalue weighted by Crippen LogP contribution is -2.46. The SMILES string of the molecule is Cc1ccc(C)c(S(=O)(=O)N2CCCC[C@@H]2CCNC(=O)C(=O)NCc2ccccc2Cl)c1. The highest BCUT2D eigenvalue weighted by Crippen LogP contribution is 2.29. The van der Waals surface area contributed by atoms with E-state index >= 15 is 0 Å². The maximum Gasteiger partial charge on any atom is 0.309 e. The Morgan fingerprint density at radius 3 is 2.55 bits per heavy atom. The summed E-state index contributed by atoms with van der Waals surface area (Å²) in [5, 5.41) is 5.67. The van der Waals surface area contributed by atoms with Crippen LogP contribution in [0.2, 0.25) is 5.02 Å². The zero-order chi connectivity index (χ0) is 24.0. The predicted octanol–water partition coefficient (Wildman–Crippen LogP) is 3.32. The fourth-order valence-electron chi connectivity index (χ4n) is 4.02. The highest BCUT2D eigenvalue weighted by molar-refractivity contribution is 7.89. The van der Waals surface area contributed by atoms with Crippen molar-refractivity contribution in [1.29, 1.82) is 0 Å². The summed E-state index contributed by atoms with van der Waals surface area (Å²) in [5.74, 6) is -1.50. The summed E-state index contributed by atoms with van der Waals surface area (Å²) < 4.78 is 28.3. The highest BCUT2D eigenvalue weighted by Gasteiger charge is 2.34. The number of aryl methyl sites for hydroxylation is 2. The number of hydrogen-bond donors (Lipinski definition) is 2. The number of benzene rings is 2. The molecule has 2 aromatic carbocycles. The molecule has 1 atom stereocenters. The fraction of sp³-hybridized carbons (Fsp3) is 0.417. The van der Waals surface area contributed by atoms with E-state index in [4.69, 9.17) is 11.6 Å². The van der Waals surface area contributed by atoms with Crippen molar-refractivity contribution >= 4 is 33.4 Å². The lowest BCUT2D eigenvalue weighted by atomic mass is 10.0. The maximum atomic E-state index is 13.4. The smallest absolute Gasteiger partial charge is 0.309 e. The Balaban J connectivity index is 1.57. The van der Waals surface area contributed by atoms with Crippen LogP contribution in [0.5, 0.6) is 0 Å². The predicted molar refractivity (Wildman–Crippen MR) is 128 cm³/mol. The zero-order valence-corrected chi connectivity index (χ0v) is 20.5. The molecule has 1 aliphatic rings. The van der Waals surface area contributed by atoms with Crippen molar-refractivity contribution < 1.29 is 18.0 Å². The molecule has 0 aliphatic carbocycles. The van der Waals surface area contributed by atoms with Gasteiger partial charge < -0.3 is 10.6 Å². The van der Waals surface area contributed by atoms with E-state index in [0.717, 1.165) is 30.4 Å². The summed E-state index contributed by atoms with van der Waals surface area (Å²) in [6.45, 7) is 4.48. The Morgan fingerprint density at radius 1 is 1.06 bits per heavy atom. The Kier molecular flexibility index (Phi) is 8.51. The minimum atomic E-state index is -3.65. The van der Waals surface area contributed by atoms with Gasteiger partial charge in [0.15, 0.2) is 0 Å². The van der Waals surface area contributed by atoms with Crippen LogP contribution >= 0.6 is 11.6 Å². The van der Waals surface area contributed by atoms with E-state index in [9.17, 15) is 18.0 Å². The Bertz CT molecular complexity index is 1120. The lowest BCUT2D eigenvalue weighted by Gasteiger charge is -2.35.